The van der Waals surface area contributed by atoms with Crippen molar-refractivity contribution < 1.29 is 14.3 Å². The number of amides is 1. The molecule has 0 aromatic carbocycles. The first-order valence-electron chi connectivity index (χ1n) is 6.79. The van der Waals surface area contributed by atoms with Gasteiger partial charge < -0.3 is 14.8 Å². The van der Waals surface area contributed by atoms with Crippen LogP contribution in [0.25, 0.3) is 0 Å². The Morgan fingerprint density at radius 3 is 3.21 bits per heavy atom. The SMILES string of the molecule is Cc1ccsc1C(=O)NCCCOC[C@@H]1CCCO1. The summed E-state index contributed by atoms with van der Waals surface area (Å²) in [5.74, 6) is 0.0200. The third kappa shape index (κ3) is 4.60. The molecule has 5 heteroatoms. The van der Waals surface area contributed by atoms with Gasteiger partial charge in [0.2, 0.25) is 0 Å². The topological polar surface area (TPSA) is 47.6 Å². The van der Waals surface area contributed by atoms with Gasteiger partial charge in [-0.2, -0.15) is 0 Å². The third-order valence-corrected chi connectivity index (χ3v) is 4.16. The van der Waals surface area contributed by atoms with Crippen LogP contribution < -0.4 is 5.32 Å². The highest BCUT2D eigenvalue weighted by atomic mass is 32.1. The molecule has 1 aromatic heterocycles. The molecule has 1 fully saturated rings. The second-order valence-corrected chi connectivity index (χ2v) is 5.67. The zero-order chi connectivity index (χ0) is 13.5. The van der Waals surface area contributed by atoms with Crippen LogP contribution in [0.5, 0.6) is 0 Å². The number of carbonyl (C=O) groups is 1. The number of thiophene rings is 1. The highest BCUT2D eigenvalue weighted by molar-refractivity contribution is 7.12. The van der Waals surface area contributed by atoms with Gasteiger partial charge in [-0.1, -0.05) is 0 Å². The van der Waals surface area contributed by atoms with Crippen LogP contribution in [0.2, 0.25) is 0 Å². The summed E-state index contributed by atoms with van der Waals surface area (Å²) in [5, 5.41) is 4.85. The smallest absolute Gasteiger partial charge is 0.261 e. The molecule has 1 N–H and O–H groups in total. The zero-order valence-electron chi connectivity index (χ0n) is 11.3. The minimum atomic E-state index is 0.0200. The maximum Gasteiger partial charge on any atom is 0.261 e. The maximum absolute atomic E-state index is 11.8. The summed E-state index contributed by atoms with van der Waals surface area (Å²) < 4.78 is 11.0. The Labute approximate surface area is 118 Å². The summed E-state index contributed by atoms with van der Waals surface area (Å²) in [7, 11) is 0. The fourth-order valence-electron chi connectivity index (χ4n) is 2.05. The lowest BCUT2D eigenvalue weighted by Crippen LogP contribution is -2.25. The molecule has 19 heavy (non-hydrogen) atoms. The van der Waals surface area contributed by atoms with Crippen molar-refractivity contribution in [2.75, 3.05) is 26.4 Å². The first-order valence-corrected chi connectivity index (χ1v) is 7.67. The highest BCUT2D eigenvalue weighted by Crippen LogP contribution is 2.15. The largest absolute Gasteiger partial charge is 0.379 e. The zero-order valence-corrected chi connectivity index (χ0v) is 12.1. The normalized spacial score (nSPS) is 18.7. The molecule has 1 atom stereocenters. The molecule has 4 nitrogen and oxygen atoms in total. The molecule has 0 spiro atoms. The summed E-state index contributed by atoms with van der Waals surface area (Å²) in [6, 6.07) is 1.96. The van der Waals surface area contributed by atoms with Gasteiger partial charge in [-0.15, -0.1) is 11.3 Å². The Hall–Kier alpha value is -0.910. The minimum Gasteiger partial charge on any atom is -0.379 e. The second kappa shape index (κ2) is 7.62. The van der Waals surface area contributed by atoms with Crippen LogP contribution in [-0.4, -0.2) is 38.4 Å². The van der Waals surface area contributed by atoms with Crippen molar-refractivity contribution in [3.8, 4) is 0 Å². The number of aryl methyl sites for hydroxylation is 1. The van der Waals surface area contributed by atoms with Gasteiger partial charge in [0.15, 0.2) is 0 Å². The van der Waals surface area contributed by atoms with Gasteiger partial charge >= 0.3 is 0 Å². The quantitative estimate of drug-likeness (QED) is 0.782. The number of hydrogen-bond acceptors (Lipinski definition) is 4. The molecule has 0 aliphatic carbocycles. The van der Waals surface area contributed by atoms with Gasteiger partial charge in [-0.05, 0) is 43.2 Å². The lowest BCUT2D eigenvalue weighted by molar-refractivity contribution is 0.0166. The van der Waals surface area contributed by atoms with E-state index in [-0.39, 0.29) is 12.0 Å². The number of rotatable bonds is 7. The molecule has 1 aliphatic heterocycles. The number of ether oxygens (including phenoxy) is 2. The van der Waals surface area contributed by atoms with E-state index >= 15 is 0 Å². The van der Waals surface area contributed by atoms with Crippen LogP contribution in [0.15, 0.2) is 11.4 Å². The predicted octanol–water partition coefficient (Wildman–Crippen LogP) is 2.37. The van der Waals surface area contributed by atoms with E-state index < -0.39 is 0 Å². The van der Waals surface area contributed by atoms with Gasteiger partial charge in [-0.25, -0.2) is 0 Å². The Bertz CT molecular complexity index is 399. The van der Waals surface area contributed by atoms with E-state index in [1.807, 2.05) is 18.4 Å². The van der Waals surface area contributed by atoms with Gasteiger partial charge in [0, 0.05) is 19.8 Å². The van der Waals surface area contributed by atoms with Gasteiger partial charge in [0.1, 0.15) is 0 Å². The molecule has 1 amide bonds. The summed E-state index contributed by atoms with van der Waals surface area (Å²) in [6.07, 6.45) is 3.37. The van der Waals surface area contributed by atoms with Crippen molar-refractivity contribution in [2.24, 2.45) is 0 Å². The van der Waals surface area contributed by atoms with E-state index in [2.05, 4.69) is 5.32 Å². The van der Waals surface area contributed by atoms with E-state index in [4.69, 9.17) is 9.47 Å². The molecule has 0 saturated carbocycles. The van der Waals surface area contributed by atoms with Crippen molar-refractivity contribution in [1.82, 2.24) is 5.32 Å². The fourth-order valence-corrected chi connectivity index (χ4v) is 2.89. The number of nitrogens with one attached hydrogen (secondary N) is 1. The van der Waals surface area contributed by atoms with Crippen molar-refractivity contribution in [2.45, 2.75) is 32.3 Å². The van der Waals surface area contributed by atoms with E-state index in [0.717, 1.165) is 36.3 Å². The Morgan fingerprint density at radius 2 is 2.53 bits per heavy atom. The van der Waals surface area contributed by atoms with Crippen LogP contribution >= 0.6 is 11.3 Å². The van der Waals surface area contributed by atoms with E-state index in [0.29, 0.717) is 19.8 Å². The van der Waals surface area contributed by atoms with Crippen LogP contribution in [0.4, 0.5) is 0 Å². The second-order valence-electron chi connectivity index (χ2n) is 4.75. The molecule has 106 valence electrons. The number of hydrogen-bond donors (Lipinski definition) is 1. The van der Waals surface area contributed by atoms with Gasteiger partial charge in [0.25, 0.3) is 5.91 Å². The Kier molecular flexibility index (Phi) is 5.82. The van der Waals surface area contributed by atoms with E-state index in [1.165, 1.54) is 11.3 Å². The monoisotopic (exact) mass is 283 g/mol. The summed E-state index contributed by atoms with van der Waals surface area (Å²) in [4.78, 5) is 12.6. The van der Waals surface area contributed by atoms with Crippen molar-refractivity contribution in [1.29, 1.82) is 0 Å². The van der Waals surface area contributed by atoms with Gasteiger partial charge in [-0.3, -0.25) is 4.79 Å². The molecule has 2 heterocycles. The first kappa shape index (κ1) is 14.5. The summed E-state index contributed by atoms with van der Waals surface area (Å²) in [5.41, 5.74) is 1.04. The van der Waals surface area contributed by atoms with Crippen LogP contribution in [-0.2, 0) is 9.47 Å². The Morgan fingerprint density at radius 1 is 1.63 bits per heavy atom. The predicted molar refractivity (Wildman–Crippen MR) is 75.8 cm³/mol. The van der Waals surface area contributed by atoms with Crippen LogP contribution in [0.1, 0.15) is 34.5 Å². The lowest BCUT2D eigenvalue weighted by Gasteiger charge is -2.10. The molecule has 1 aliphatic rings. The first-order chi connectivity index (χ1) is 9.27. The summed E-state index contributed by atoms with van der Waals surface area (Å²) in [6.45, 7) is 4.82. The number of carbonyl (C=O) groups excluding carboxylic acids is 1. The Balaban J connectivity index is 1.52. The van der Waals surface area contributed by atoms with Crippen molar-refractivity contribution in [3.05, 3.63) is 21.9 Å². The molecule has 1 saturated heterocycles. The average molecular weight is 283 g/mol. The molecule has 2 rings (SSSR count). The molecule has 1 aromatic rings. The molecule has 0 unspecified atom stereocenters. The summed E-state index contributed by atoms with van der Waals surface area (Å²) >= 11 is 1.48. The van der Waals surface area contributed by atoms with E-state index in [9.17, 15) is 4.79 Å². The standard InChI is InChI=1S/C14H21NO3S/c1-11-5-9-19-13(11)14(16)15-6-3-7-17-10-12-4-2-8-18-12/h5,9,12H,2-4,6-8,10H2,1H3,(H,15,16)/t12-/m0/s1. The van der Waals surface area contributed by atoms with Crippen LogP contribution in [0, 0.1) is 6.92 Å². The highest BCUT2D eigenvalue weighted by Gasteiger charge is 2.15. The molecule has 0 bridgehead atoms. The molecular weight excluding hydrogens is 262 g/mol. The van der Waals surface area contributed by atoms with Crippen molar-refractivity contribution in [3.63, 3.8) is 0 Å². The van der Waals surface area contributed by atoms with Gasteiger partial charge in [0.05, 0.1) is 17.6 Å². The van der Waals surface area contributed by atoms with E-state index in [1.54, 1.807) is 0 Å². The minimum absolute atomic E-state index is 0.0200. The lowest BCUT2D eigenvalue weighted by atomic mass is 10.2. The average Bonchev–Trinajstić information content (AvgIpc) is 3.04. The molecular formula is C14H21NO3S. The van der Waals surface area contributed by atoms with Crippen molar-refractivity contribution >= 4 is 17.2 Å². The molecule has 0 radical (unpaired) electrons. The maximum atomic E-state index is 11.8. The fraction of sp³-hybridized carbons (Fsp3) is 0.643. The van der Waals surface area contributed by atoms with Crippen LogP contribution in [0.3, 0.4) is 0 Å². The third-order valence-electron chi connectivity index (χ3n) is 3.15.